The summed E-state index contributed by atoms with van der Waals surface area (Å²) in [4.78, 5) is 2.65. The lowest BCUT2D eigenvalue weighted by Crippen LogP contribution is -2.57. The first kappa shape index (κ1) is 14.1. The fraction of sp³-hybridized carbons (Fsp3) is 0.647. The largest absolute Gasteiger partial charge is 0.384 e. The molecule has 1 aliphatic carbocycles. The van der Waals surface area contributed by atoms with E-state index < -0.39 is 0 Å². The molecule has 3 rings (SSSR count). The number of likely N-dealkylation sites (tertiary alicyclic amines) is 1. The summed E-state index contributed by atoms with van der Waals surface area (Å²) < 4.78 is 5.30. The highest BCUT2D eigenvalue weighted by atomic mass is 16.5. The van der Waals surface area contributed by atoms with Gasteiger partial charge in [0.05, 0.1) is 0 Å². The molecule has 0 atom stereocenters. The third-order valence-corrected chi connectivity index (χ3v) is 5.23. The van der Waals surface area contributed by atoms with E-state index >= 15 is 0 Å². The molecule has 1 fully saturated rings. The number of nitrogens with zero attached hydrogens (tertiary/aromatic N) is 1. The van der Waals surface area contributed by atoms with Crippen molar-refractivity contribution in [1.82, 2.24) is 4.90 Å². The second kappa shape index (κ2) is 5.84. The second-order valence-corrected chi connectivity index (χ2v) is 6.44. The van der Waals surface area contributed by atoms with E-state index in [0.717, 1.165) is 31.9 Å². The summed E-state index contributed by atoms with van der Waals surface area (Å²) in [5.41, 5.74) is 9.37. The molecule has 1 aromatic rings. The van der Waals surface area contributed by atoms with Gasteiger partial charge in [0.25, 0.3) is 0 Å². The Labute approximate surface area is 122 Å². The number of nitrogens with two attached hydrogens (primary N) is 1. The zero-order valence-electron chi connectivity index (χ0n) is 12.5. The third-order valence-electron chi connectivity index (χ3n) is 5.23. The highest BCUT2D eigenvalue weighted by molar-refractivity contribution is 5.36. The smallest absolute Gasteiger partial charge is 0.0491 e. The molecule has 0 saturated carbocycles. The van der Waals surface area contributed by atoms with Crippen molar-refractivity contribution < 1.29 is 4.74 Å². The first-order chi connectivity index (χ1) is 9.77. The molecule has 0 amide bonds. The van der Waals surface area contributed by atoms with E-state index in [1.807, 2.05) is 0 Å². The zero-order chi connectivity index (χ0) is 14.0. The number of fused-ring (bicyclic) bond motifs is 1. The summed E-state index contributed by atoms with van der Waals surface area (Å²) in [6, 6.07) is 8.83. The predicted molar refractivity (Wildman–Crippen MR) is 81.8 cm³/mol. The first-order valence-corrected chi connectivity index (χ1v) is 7.78. The van der Waals surface area contributed by atoms with Gasteiger partial charge in [-0.3, -0.25) is 4.90 Å². The number of hydrogen-bond donors (Lipinski definition) is 1. The van der Waals surface area contributed by atoms with E-state index in [1.165, 1.54) is 37.1 Å². The Morgan fingerprint density at radius 3 is 2.30 bits per heavy atom. The van der Waals surface area contributed by atoms with Crippen LogP contribution in [0.2, 0.25) is 0 Å². The van der Waals surface area contributed by atoms with Gasteiger partial charge in [0, 0.05) is 25.8 Å². The van der Waals surface area contributed by atoms with Crippen molar-refractivity contribution >= 4 is 0 Å². The molecule has 110 valence electrons. The standard InChI is InChI=1S/C17H26N2O/c1-20-12-14-6-8-19(9-7-14)17(13-18)10-15-4-2-3-5-16(15)11-17/h2-5,14H,6-13,18H2,1H3. The van der Waals surface area contributed by atoms with E-state index in [0.29, 0.717) is 0 Å². The molecule has 1 aliphatic heterocycles. The predicted octanol–water partition coefficient (Wildman–Crippen LogP) is 1.84. The van der Waals surface area contributed by atoms with Gasteiger partial charge in [-0.15, -0.1) is 0 Å². The molecule has 0 bridgehead atoms. The van der Waals surface area contributed by atoms with Crippen LogP contribution in [0, 0.1) is 5.92 Å². The highest BCUT2D eigenvalue weighted by Gasteiger charge is 2.42. The van der Waals surface area contributed by atoms with E-state index in [9.17, 15) is 0 Å². The number of ether oxygens (including phenoxy) is 1. The van der Waals surface area contributed by atoms with Crippen LogP contribution in [-0.4, -0.2) is 43.8 Å². The van der Waals surface area contributed by atoms with Crippen LogP contribution in [0.1, 0.15) is 24.0 Å². The maximum Gasteiger partial charge on any atom is 0.0491 e. The van der Waals surface area contributed by atoms with Gasteiger partial charge < -0.3 is 10.5 Å². The molecular formula is C17H26N2O. The third kappa shape index (κ3) is 2.50. The summed E-state index contributed by atoms with van der Waals surface area (Å²) >= 11 is 0. The minimum Gasteiger partial charge on any atom is -0.384 e. The molecule has 2 aliphatic rings. The van der Waals surface area contributed by atoms with Crippen molar-refractivity contribution in [2.75, 3.05) is 33.4 Å². The van der Waals surface area contributed by atoms with Gasteiger partial charge in [-0.25, -0.2) is 0 Å². The number of benzene rings is 1. The number of hydrogen-bond acceptors (Lipinski definition) is 3. The normalized spacial score (nSPS) is 22.9. The van der Waals surface area contributed by atoms with Crippen molar-refractivity contribution in [3.05, 3.63) is 35.4 Å². The molecule has 1 heterocycles. The molecule has 3 heteroatoms. The van der Waals surface area contributed by atoms with Crippen LogP contribution in [0.25, 0.3) is 0 Å². The van der Waals surface area contributed by atoms with Crippen LogP contribution < -0.4 is 5.73 Å². The molecular weight excluding hydrogens is 248 g/mol. The van der Waals surface area contributed by atoms with Crippen molar-refractivity contribution in [2.24, 2.45) is 11.7 Å². The Kier molecular flexibility index (Phi) is 4.11. The average molecular weight is 274 g/mol. The summed E-state index contributed by atoms with van der Waals surface area (Å²) in [5.74, 6) is 0.731. The van der Waals surface area contributed by atoms with Crippen LogP contribution >= 0.6 is 0 Å². The molecule has 0 aromatic heterocycles. The molecule has 0 unspecified atom stereocenters. The van der Waals surface area contributed by atoms with Crippen molar-refractivity contribution in [3.8, 4) is 0 Å². The number of piperidine rings is 1. The van der Waals surface area contributed by atoms with Gasteiger partial charge in [-0.2, -0.15) is 0 Å². The van der Waals surface area contributed by atoms with Gasteiger partial charge in [0.15, 0.2) is 0 Å². The van der Waals surface area contributed by atoms with E-state index in [4.69, 9.17) is 10.5 Å². The minimum absolute atomic E-state index is 0.168. The van der Waals surface area contributed by atoms with Crippen molar-refractivity contribution in [3.63, 3.8) is 0 Å². The number of rotatable bonds is 4. The fourth-order valence-electron chi connectivity index (χ4n) is 3.98. The van der Waals surface area contributed by atoms with E-state index in [2.05, 4.69) is 29.2 Å². The molecule has 20 heavy (non-hydrogen) atoms. The lowest BCUT2D eigenvalue weighted by atomic mass is 9.88. The van der Waals surface area contributed by atoms with Crippen LogP contribution in [-0.2, 0) is 17.6 Å². The van der Waals surface area contributed by atoms with Crippen LogP contribution in [0.15, 0.2) is 24.3 Å². The molecule has 0 radical (unpaired) electrons. The van der Waals surface area contributed by atoms with Gasteiger partial charge in [-0.05, 0) is 55.8 Å². The van der Waals surface area contributed by atoms with Crippen LogP contribution in [0.3, 0.4) is 0 Å². The molecule has 1 saturated heterocycles. The second-order valence-electron chi connectivity index (χ2n) is 6.44. The van der Waals surface area contributed by atoms with Gasteiger partial charge in [0.2, 0.25) is 0 Å². The first-order valence-electron chi connectivity index (χ1n) is 7.78. The maximum absolute atomic E-state index is 6.21. The molecule has 1 aromatic carbocycles. The summed E-state index contributed by atoms with van der Waals surface area (Å²) in [7, 11) is 1.81. The molecule has 3 nitrogen and oxygen atoms in total. The minimum atomic E-state index is 0.168. The fourth-order valence-corrected chi connectivity index (χ4v) is 3.98. The van der Waals surface area contributed by atoms with Crippen LogP contribution in [0.4, 0.5) is 0 Å². The lowest BCUT2D eigenvalue weighted by Gasteiger charge is -2.44. The Morgan fingerprint density at radius 1 is 1.20 bits per heavy atom. The summed E-state index contributed by atoms with van der Waals surface area (Å²) in [6.45, 7) is 4.00. The summed E-state index contributed by atoms with van der Waals surface area (Å²) in [5, 5.41) is 0. The van der Waals surface area contributed by atoms with Gasteiger partial charge >= 0.3 is 0 Å². The highest BCUT2D eigenvalue weighted by Crippen LogP contribution is 2.36. The average Bonchev–Trinajstić information content (AvgIpc) is 2.88. The van der Waals surface area contributed by atoms with Crippen molar-refractivity contribution in [1.29, 1.82) is 0 Å². The Hall–Kier alpha value is -0.900. The topological polar surface area (TPSA) is 38.5 Å². The molecule has 2 N–H and O–H groups in total. The summed E-state index contributed by atoms with van der Waals surface area (Å²) in [6.07, 6.45) is 4.72. The van der Waals surface area contributed by atoms with E-state index in [1.54, 1.807) is 7.11 Å². The number of methoxy groups -OCH3 is 1. The van der Waals surface area contributed by atoms with Crippen molar-refractivity contribution in [2.45, 2.75) is 31.2 Å². The lowest BCUT2D eigenvalue weighted by molar-refractivity contribution is 0.0384. The Bertz CT molecular complexity index is 427. The van der Waals surface area contributed by atoms with E-state index in [-0.39, 0.29) is 5.54 Å². The monoisotopic (exact) mass is 274 g/mol. The van der Waals surface area contributed by atoms with Crippen LogP contribution in [0.5, 0.6) is 0 Å². The SMILES string of the molecule is COCC1CCN(C2(CN)Cc3ccccc3C2)CC1. The Balaban J connectivity index is 1.70. The molecule has 0 spiro atoms. The Morgan fingerprint density at radius 2 is 1.80 bits per heavy atom. The zero-order valence-corrected chi connectivity index (χ0v) is 12.5. The maximum atomic E-state index is 6.21. The van der Waals surface area contributed by atoms with Gasteiger partial charge in [0.1, 0.15) is 0 Å². The van der Waals surface area contributed by atoms with Gasteiger partial charge in [-0.1, -0.05) is 24.3 Å². The quantitative estimate of drug-likeness (QED) is 0.910.